The Hall–Kier alpha value is -0.930. The van der Waals surface area contributed by atoms with Crippen LogP contribution in [0.3, 0.4) is 0 Å². The van der Waals surface area contributed by atoms with Crippen LogP contribution in [0.4, 0.5) is 0 Å². The van der Waals surface area contributed by atoms with E-state index in [0.29, 0.717) is 0 Å². The van der Waals surface area contributed by atoms with Crippen LogP contribution in [0.15, 0.2) is 18.3 Å². The zero-order valence-electron chi connectivity index (χ0n) is 10.6. The van der Waals surface area contributed by atoms with Gasteiger partial charge in [-0.15, -0.1) is 0 Å². The molecule has 16 heavy (non-hydrogen) atoms. The lowest BCUT2D eigenvalue weighted by atomic mass is 10.2. The van der Waals surface area contributed by atoms with Gasteiger partial charge in [-0.1, -0.05) is 19.9 Å². The zero-order chi connectivity index (χ0) is 11.8. The van der Waals surface area contributed by atoms with Crippen LogP contribution in [0, 0.1) is 6.92 Å². The molecule has 1 fully saturated rings. The fourth-order valence-corrected chi connectivity index (χ4v) is 1.58. The summed E-state index contributed by atoms with van der Waals surface area (Å²) in [7, 11) is 0. The van der Waals surface area contributed by atoms with Crippen molar-refractivity contribution in [3.05, 3.63) is 29.6 Å². The quantitative estimate of drug-likeness (QED) is 0.767. The number of ether oxygens (including phenoxy) is 1. The maximum atomic E-state index is 5.29. The first-order valence-corrected chi connectivity index (χ1v) is 6.06. The lowest BCUT2D eigenvalue weighted by molar-refractivity contribution is 0.0336. The number of hydrogen-bond donors (Lipinski definition) is 0. The second-order valence-electron chi connectivity index (χ2n) is 3.72. The van der Waals surface area contributed by atoms with Crippen LogP contribution in [-0.2, 0) is 11.3 Å². The minimum absolute atomic E-state index is 0.853. The van der Waals surface area contributed by atoms with Crippen LogP contribution in [0.5, 0.6) is 0 Å². The highest BCUT2D eigenvalue weighted by Crippen LogP contribution is 2.05. The Morgan fingerprint density at radius 3 is 2.50 bits per heavy atom. The Labute approximate surface area is 98.4 Å². The molecule has 1 aliphatic rings. The van der Waals surface area contributed by atoms with Crippen LogP contribution < -0.4 is 0 Å². The van der Waals surface area contributed by atoms with E-state index in [4.69, 9.17) is 4.74 Å². The first-order chi connectivity index (χ1) is 7.84. The summed E-state index contributed by atoms with van der Waals surface area (Å²) in [4.78, 5) is 6.77. The molecule has 0 atom stereocenters. The van der Waals surface area contributed by atoms with Gasteiger partial charge in [0.15, 0.2) is 0 Å². The van der Waals surface area contributed by atoms with E-state index in [1.54, 1.807) is 0 Å². The third kappa shape index (κ3) is 4.29. The van der Waals surface area contributed by atoms with Crippen LogP contribution in [0.1, 0.15) is 25.1 Å². The third-order valence-corrected chi connectivity index (χ3v) is 2.46. The van der Waals surface area contributed by atoms with Gasteiger partial charge < -0.3 is 4.74 Å². The van der Waals surface area contributed by atoms with Gasteiger partial charge in [0.1, 0.15) is 0 Å². The molecule has 1 saturated heterocycles. The van der Waals surface area contributed by atoms with Gasteiger partial charge in [0.25, 0.3) is 0 Å². The normalized spacial score (nSPS) is 16.4. The van der Waals surface area contributed by atoms with Crippen LogP contribution >= 0.6 is 0 Å². The molecule has 2 rings (SSSR count). The van der Waals surface area contributed by atoms with Crippen molar-refractivity contribution in [2.45, 2.75) is 27.3 Å². The summed E-state index contributed by atoms with van der Waals surface area (Å²) in [6.45, 7) is 10.8. The summed E-state index contributed by atoms with van der Waals surface area (Å²) in [6, 6.07) is 4.22. The first kappa shape index (κ1) is 13.1. The maximum Gasteiger partial charge on any atom is 0.0594 e. The number of aryl methyl sites for hydroxylation is 1. The summed E-state index contributed by atoms with van der Waals surface area (Å²) in [6.07, 6.45) is 1.93. The number of morpholine rings is 1. The second-order valence-corrected chi connectivity index (χ2v) is 3.72. The lowest BCUT2D eigenvalue weighted by Gasteiger charge is -2.26. The summed E-state index contributed by atoms with van der Waals surface area (Å²) < 4.78 is 5.29. The molecule has 0 bridgehead atoms. The average Bonchev–Trinajstić information content (AvgIpc) is 2.36. The molecule has 1 aliphatic heterocycles. The minimum atomic E-state index is 0.853. The first-order valence-electron chi connectivity index (χ1n) is 6.06. The van der Waals surface area contributed by atoms with Gasteiger partial charge in [-0.3, -0.25) is 9.88 Å². The zero-order valence-corrected chi connectivity index (χ0v) is 10.6. The Morgan fingerprint density at radius 1 is 1.25 bits per heavy atom. The molecule has 0 N–H and O–H groups in total. The molecule has 3 nitrogen and oxygen atoms in total. The van der Waals surface area contributed by atoms with E-state index < -0.39 is 0 Å². The Balaban J connectivity index is 0.000000606. The molecule has 0 unspecified atom stereocenters. The van der Waals surface area contributed by atoms with E-state index in [1.807, 2.05) is 20.0 Å². The van der Waals surface area contributed by atoms with Gasteiger partial charge in [0.05, 0.1) is 18.9 Å². The van der Waals surface area contributed by atoms with E-state index in [1.165, 1.54) is 5.56 Å². The number of aromatic nitrogens is 1. The smallest absolute Gasteiger partial charge is 0.0594 e. The average molecular weight is 222 g/mol. The van der Waals surface area contributed by atoms with Gasteiger partial charge in [0.2, 0.25) is 0 Å². The molecule has 0 saturated carbocycles. The number of rotatable bonds is 2. The van der Waals surface area contributed by atoms with Gasteiger partial charge >= 0.3 is 0 Å². The van der Waals surface area contributed by atoms with Crippen molar-refractivity contribution >= 4 is 0 Å². The van der Waals surface area contributed by atoms with Crippen molar-refractivity contribution in [1.82, 2.24) is 9.88 Å². The predicted octanol–water partition coefficient (Wildman–Crippen LogP) is 2.25. The highest BCUT2D eigenvalue weighted by molar-refractivity contribution is 5.12. The standard InChI is InChI=1S/C11H16N2O.C2H6/c1-10-2-3-11(12-8-10)9-13-4-6-14-7-5-13;1-2/h2-3,8H,4-7,9H2,1H3;1-2H3. The van der Waals surface area contributed by atoms with Gasteiger partial charge in [-0.05, 0) is 18.6 Å². The molecule has 0 spiro atoms. The highest BCUT2D eigenvalue weighted by Gasteiger charge is 2.10. The Kier molecular flexibility index (Phi) is 6.04. The van der Waals surface area contributed by atoms with Crippen molar-refractivity contribution in [3.63, 3.8) is 0 Å². The Morgan fingerprint density at radius 2 is 1.94 bits per heavy atom. The molecule has 0 radical (unpaired) electrons. The highest BCUT2D eigenvalue weighted by atomic mass is 16.5. The molecule has 1 aromatic rings. The fraction of sp³-hybridized carbons (Fsp3) is 0.615. The van der Waals surface area contributed by atoms with Crippen LogP contribution in [0.25, 0.3) is 0 Å². The number of pyridine rings is 1. The molecule has 0 amide bonds. The summed E-state index contributed by atoms with van der Waals surface area (Å²) >= 11 is 0. The van der Waals surface area contributed by atoms with Gasteiger partial charge in [-0.2, -0.15) is 0 Å². The van der Waals surface area contributed by atoms with E-state index in [2.05, 4.69) is 28.9 Å². The SMILES string of the molecule is CC.Cc1ccc(CN2CCOCC2)nc1. The van der Waals surface area contributed by atoms with Crippen molar-refractivity contribution in [2.24, 2.45) is 0 Å². The molecule has 0 aromatic carbocycles. The van der Waals surface area contributed by atoms with Crippen molar-refractivity contribution in [3.8, 4) is 0 Å². The van der Waals surface area contributed by atoms with Gasteiger partial charge in [-0.25, -0.2) is 0 Å². The third-order valence-electron chi connectivity index (χ3n) is 2.46. The lowest BCUT2D eigenvalue weighted by Crippen LogP contribution is -2.35. The molecule has 3 heteroatoms. The molecular formula is C13H22N2O. The van der Waals surface area contributed by atoms with Crippen LogP contribution in [0.2, 0.25) is 0 Å². The second kappa shape index (κ2) is 7.36. The fourth-order valence-electron chi connectivity index (χ4n) is 1.58. The summed E-state index contributed by atoms with van der Waals surface area (Å²) in [5, 5.41) is 0. The van der Waals surface area contributed by atoms with Crippen LogP contribution in [-0.4, -0.2) is 36.2 Å². The number of hydrogen-bond acceptors (Lipinski definition) is 3. The molecule has 1 aromatic heterocycles. The molecule has 0 aliphatic carbocycles. The van der Waals surface area contributed by atoms with E-state index in [-0.39, 0.29) is 0 Å². The van der Waals surface area contributed by atoms with Crippen molar-refractivity contribution in [2.75, 3.05) is 26.3 Å². The predicted molar refractivity (Wildman–Crippen MR) is 66.4 cm³/mol. The topological polar surface area (TPSA) is 25.4 Å². The number of nitrogens with zero attached hydrogens (tertiary/aromatic N) is 2. The largest absolute Gasteiger partial charge is 0.379 e. The van der Waals surface area contributed by atoms with Gasteiger partial charge in [0, 0.05) is 25.8 Å². The summed E-state index contributed by atoms with van der Waals surface area (Å²) in [5.74, 6) is 0. The Bertz CT molecular complexity index is 278. The molecule has 90 valence electrons. The molecule has 2 heterocycles. The van der Waals surface area contributed by atoms with Crippen molar-refractivity contribution < 1.29 is 4.74 Å². The van der Waals surface area contributed by atoms with E-state index in [0.717, 1.165) is 38.5 Å². The monoisotopic (exact) mass is 222 g/mol. The van der Waals surface area contributed by atoms with E-state index >= 15 is 0 Å². The molecular weight excluding hydrogens is 200 g/mol. The summed E-state index contributed by atoms with van der Waals surface area (Å²) in [5.41, 5.74) is 2.37. The van der Waals surface area contributed by atoms with Crippen molar-refractivity contribution in [1.29, 1.82) is 0 Å². The minimum Gasteiger partial charge on any atom is -0.379 e. The van der Waals surface area contributed by atoms with E-state index in [9.17, 15) is 0 Å². The maximum absolute atomic E-state index is 5.29.